The number of nitrogens with two attached hydrogens (primary N) is 1. The maximum atomic E-state index is 14.3. The maximum absolute atomic E-state index is 14.3. The van der Waals surface area contributed by atoms with Crippen LogP contribution in [-0.2, 0) is 6.42 Å². The van der Waals surface area contributed by atoms with Crippen LogP contribution in [0.4, 0.5) is 10.1 Å². The van der Waals surface area contributed by atoms with Crippen molar-refractivity contribution >= 4 is 38.8 Å². The third-order valence-electron chi connectivity index (χ3n) is 3.85. The topological polar surface area (TPSA) is 38.0 Å². The molecule has 0 aliphatic heterocycles. The Morgan fingerprint density at radius 3 is 2.81 bits per heavy atom. The van der Waals surface area contributed by atoms with E-state index in [1.54, 1.807) is 12.1 Å². The fourth-order valence-electron chi connectivity index (χ4n) is 2.65. The van der Waals surface area contributed by atoms with E-state index in [0.29, 0.717) is 28.2 Å². The third-order valence-corrected chi connectivity index (χ3v) is 4.84. The van der Waals surface area contributed by atoms with Crippen LogP contribution >= 0.6 is 28.1 Å². The van der Waals surface area contributed by atoms with Crippen molar-refractivity contribution in [1.29, 1.82) is 0 Å². The first-order valence-corrected chi connectivity index (χ1v) is 7.87. The molecule has 108 valence electrons. The molecule has 0 heterocycles. The number of rotatable bonds is 4. The summed E-state index contributed by atoms with van der Waals surface area (Å²) in [5, 5.41) is 3.17. The van der Waals surface area contributed by atoms with E-state index in [4.69, 9.17) is 18.0 Å². The molecule has 3 N–H and O–H groups in total. The highest BCUT2D eigenvalue weighted by Crippen LogP contribution is 2.35. The number of fused-ring (bicyclic) bond motifs is 1. The van der Waals surface area contributed by atoms with E-state index in [0.717, 1.165) is 6.42 Å². The van der Waals surface area contributed by atoms with E-state index >= 15 is 0 Å². The van der Waals surface area contributed by atoms with Crippen molar-refractivity contribution in [2.24, 2.45) is 5.73 Å². The Hall–Kier alpha value is -1.46. The number of anilines is 1. The molecule has 2 nitrogen and oxygen atoms in total. The zero-order valence-corrected chi connectivity index (χ0v) is 13.6. The molecule has 0 saturated heterocycles. The molecule has 0 saturated carbocycles. The highest BCUT2D eigenvalue weighted by Gasteiger charge is 2.25. The number of nitrogens with one attached hydrogen (secondary N) is 1. The summed E-state index contributed by atoms with van der Waals surface area (Å²) in [6, 6.07) is 11.8. The molecule has 2 aromatic carbocycles. The van der Waals surface area contributed by atoms with Crippen LogP contribution in [0, 0.1) is 5.82 Å². The van der Waals surface area contributed by atoms with E-state index in [2.05, 4.69) is 33.4 Å². The minimum absolute atomic E-state index is 0.181. The van der Waals surface area contributed by atoms with Gasteiger partial charge >= 0.3 is 0 Å². The molecule has 1 atom stereocenters. The molecule has 2 aromatic rings. The van der Waals surface area contributed by atoms with E-state index < -0.39 is 0 Å². The number of hydrogen-bond acceptors (Lipinski definition) is 2. The van der Waals surface area contributed by atoms with Crippen molar-refractivity contribution in [1.82, 2.24) is 0 Å². The second-order valence-corrected chi connectivity index (χ2v) is 6.37. The van der Waals surface area contributed by atoms with Crippen molar-refractivity contribution in [2.75, 3.05) is 11.9 Å². The monoisotopic (exact) mass is 364 g/mol. The zero-order valence-electron chi connectivity index (χ0n) is 11.2. The van der Waals surface area contributed by atoms with Crippen LogP contribution in [0.25, 0.3) is 0 Å². The minimum atomic E-state index is -0.354. The first-order valence-electron chi connectivity index (χ1n) is 6.67. The molecule has 0 bridgehead atoms. The van der Waals surface area contributed by atoms with Gasteiger partial charge in [0.15, 0.2) is 5.82 Å². The van der Waals surface area contributed by atoms with E-state index in [-0.39, 0.29) is 10.8 Å². The Labute approximate surface area is 136 Å². The van der Waals surface area contributed by atoms with Gasteiger partial charge < -0.3 is 11.1 Å². The van der Waals surface area contributed by atoms with Gasteiger partial charge in [-0.2, -0.15) is 0 Å². The summed E-state index contributed by atoms with van der Waals surface area (Å²) >= 11 is 8.10. The van der Waals surface area contributed by atoms with Gasteiger partial charge in [-0.15, -0.1) is 0 Å². The molecule has 1 aliphatic rings. The van der Waals surface area contributed by atoms with Gasteiger partial charge in [-0.25, -0.2) is 4.39 Å². The van der Waals surface area contributed by atoms with Gasteiger partial charge in [0.25, 0.3) is 0 Å². The lowest BCUT2D eigenvalue weighted by atomic mass is 9.77. The van der Waals surface area contributed by atoms with Crippen molar-refractivity contribution < 1.29 is 4.39 Å². The molecule has 1 unspecified atom stereocenters. The van der Waals surface area contributed by atoms with E-state index in [1.165, 1.54) is 11.1 Å². The zero-order chi connectivity index (χ0) is 15.0. The van der Waals surface area contributed by atoms with E-state index in [1.807, 2.05) is 12.1 Å². The highest BCUT2D eigenvalue weighted by molar-refractivity contribution is 9.10. The average Bonchev–Trinajstić information content (AvgIpc) is 2.44. The lowest BCUT2D eigenvalue weighted by Crippen LogP contribution is -2.24. The van der Waals surface area contributed by atoms with Gasteiger partial charge in [-0.3, -0.25) is 0 Å². The Balaban J connectivity index is 1.73. The Morgan fingerprint density at radius 1 is 1.33 bits per heavy atom. The SMILES string of the molecule is NC(=S)c1ccc(NCC2Cc3ccccc32)c(F)c1Br. The van der Waals surface area contributed by atoms with Gasteiger partial charge in [0, 0.05) is 18.0 Å². The molecule has 21 heavy (non-hydrogen) atoms. The first-order chi connectivity index (χ1) is 10.1. The van der Waals surface area contributed by atoms with Crippen LogP contribution in [0.1, 0.15) is 22.6 Å². The molecular formula is C16H14BrFN2S. The fraction of sp³-hybridized carbons (Fsp3) is 0.188. The molecule has 0 aromatic heterocycles. The quantitative estimate of drug-likeness (QED) is 0.806. The van der Waals surface area contributed by atoms with Gasteiger partial charge in [0.05, 0.1) is 10.2 Å². The van der Waals surface area contributed by atoms with Crippen LogP contribution < -0.4 is 11.1 Å². The summed E-state index contributed by atoms with van der Waals surface area (Å²) in [5.41, 5.74) is 9.27. The molecular weight excluding hydrogens is 351 g/mol. The van der Waals surface area contributed by atoms with Crippen LogP contribution in [0.2, 0.25) is 0 Å². The number of thiocarbonyl (C=S) groups is 1. The van der Waals surface area contributed by atoms with Crippen LogP contribution in [0.5, 0.6) is 0 Å². The Morgan fingerprint density at radius 2 is 2.10 bits per heavy atom. The molecule has 0 radical (unpaired) electrons. The Kier molecular flexibility index (Phi) is 3.95. The van der Waals surface area contributed by atoms with Crippen molar-refractivity contribution in [2.45, 2.75) is 12.3 Å². The molecule has 1 aliphatic carbocycles. The molecule has 3 rings (SSSR count). The summed E-state index contributed by atoms with van der Waals surface area (Å²) in [7, 11) is 0. The lowest BCUT2D eigenvalue weighted by molar-refractivity contribution is 0.610. The van der Waals surface area contributed by atoms with Crippen LogP contribution in [0.3, 0.4) is 0 Å². The molecule has 0 amide bonds. The van der Waals surface area contributed by atoms with Gasteiger partial charge in [0.2, 0.25) is 0 Å². The second-order valence-electron chi connectivity index (χ2n) is 5.13. The number of benzene rings is 2. The lowest BCUT2D eigenvalue weighted by Gasteiger charge is -2.30. The minimum Gasteiger partial charge on any atom is -0.389 e. The molecule has 0 fully saturated rings. The normalized spacial score (nSPS) is 16.0. The number of hydrogen-bond donors (Lipinski definition) is 2. The highest BCUT2D eigenvalue weighted by atomic mass is 79.9. The van der Waals surface area contributed by atoms with Crippen molar-refractivity contribution in [3.05, 3.63) is 63.4 Å². The van der Waals surface area contributed by atoms with Gasteiger partial charge in [0.1, 0.15) is 4.99 Å². The summed E-state index contributed by atoms with van der Waals surface area (Å²) < 4.78 is 14.6. The third kappa shape index (κ3) is 2.68. The summed E-state index contributed by atoms with van der Waals surface area (Å²) in [6.07, 6.45) is 1.04. The van der Waals surface area contributed by atoms with Crippen LogP contribution in [-0.4, -0.2) is 11.5 Å². The summed E-state index contributed by atoms with van der Waals surface area (Å²) in [4.78, 5) is 0.181. The molecule has 5 heteroatoms. The van der Waals surface area contributed by atoms with Gasteiger partial charge in [-0.1, -0.05) is 36.5 Å². The predicted molar refractivity (Wildman–Crippen MR) is 91.4 cm³/mol. The van der Waals surface area contributed by atoms with E-state index in [9.17, 15) is 4.39 Å². The predicted octanol–water partition coefficient (Wildman–Crippen LogP) is 3.97. The first kappa shape index (κ1) is 14.5. The average molecular weight is 365 g/mol. The van der Waals surface area contributed by atoms with Gasteiger partial charge in [-0.05, 0) is 45.6 Å². The van der Waals surface area contributed by atoms with Crippen molar-refractivity contribution in [3.8, 4) is 0 Å². The van der Waals surface area contributed by atoms with Crippen molar-refractivity contribution in [3.63, 3.8) is 0 Å². The van der Waals surface area contributed by atoms with Crippen LogP contribution in [0.15, 0.2) is 40.9 Å². The number of halogens is 2. The standard InChI is InChI=1S/C16H14BrFN2S/c17-14-12(16(19)21)5-6-13(15(14)18)20-8-10-7-9-3-1-2-4-11(9)10/h1-6,10,20H,7-8H2,(H2,19,21). The molecule has 0 spiro atoms. The Bertz CT molecular complexity index is 717. The summed E-state index contributed by atoms with van der Waals surface area (Å²) in [6.45, 7) is 0.715. The fourth-order valence-corrected chi connectivity index (χ4v) is 3.51. The smallest absolute Gasteiger partial charge is 0.161 e. The maximum Gasteiger partial charge on any atom is 0.161 e. The largest absolute Gasteiger partial charge is 0.389 e. The summed E-state index contributed by atoms with van der Waals surface area (Å²) in [5.74, 6) is 0.0857. The second kappa shape index (κ2) is 5.73.